The van der Waals surface area contributed by atoms with Crippen LogP contribution < -0.4 is 16.1 Å². The molecule has 0 spiro atoms. The van der Waals surface area contributed by atoms with Crippen LogP contribution in [0, 0.1) is 5.92 Å². The van der Waals surface area contributed by atoms with Gasteiger partial charge in [0.25, 0.3) is 0 Å². The molecule has 1 amide bonds. The first kappa shape index (κ1) is 13.3. The third-order valence-corrected chi connectivity index (χ3v) is 3.74. The van der Waals surface area contributed by atoms with Crippen molar-refractivity contribution in [1.29, 1.82) is 0 Å². The normalized spacial score (nSPS) is 23.7. The Morgan fingerprint density at radius 3 is 3.00 bits per heavy atom. The summed E-state index contributed by atoms with van der Waals surface area (Å²) in [5.74, 6) is -0.105. The Morgan fingerprint density at radius 2 is 2.28 bits per heavy atom. The van der Waals surface area contributed by atoms with Crippen molar-refractivity contribution in [3.8, 4) is 0 Å². The highest BCUT2D eigenvalue weighted by Gasteiger charge is 2.25. The predicted octanol–water partition coefficient (Wildman–Crippen LogP) is 1.46. The van der Waals surface area contributed by atoms with Crippen LogP contribution in [0.1, 0.15) is 19.8 Å². The molecule has 1 aromatic heterocycles. The van der Waals surface area contributed by atoms with Crippen LogP contribution in [0.15, 0.2) is 21.7 Å². The quantitative estimate of drug-likeness (QED) is 0.774. The van der Waals surface area contributed by atoms with Crippen molar-refractivity contribution in [1.82, 2.24) is 10.3 Å². The molecular formula is C12H16BrN3O2. The largest absolute Gasteiger partial charge is 0.365 e. The number of hydrogen-bond acceptors (Lipinski definition) is 3. The number of pyridine rings is 1. The minimum atomic E-state index is -0.205. The Balaban J connectivity index is 2.07. The van der Waals surface area contributed by atoms with Gasteiger partial charge in [-0.05, 0) is 42.2 Å². The van der Waals surface area contributed by atoms with Gasteiger partial charge in [-0.2, -0.15) is 0 Å². The summed E-state index contributed by atoms with van der Waals surface area (Å²) in [6, 6.07) is 0.343. The van der Waals surface area contributed by atoms with Crippen LogP contribution in [0.3, 0.4) is 0 Å². The molecular weight excluding hydrogens is 298 g/mol. The molecule has 5 nitrogen and oxygen atoms in total. The van der Waals surface area contributed by atoms with Crippen molar-refractivity contribution >= 4 is 27.5 Å². The fourth-order valence-electron chi connectivity index (χ4n) is 2.16. The average Bonchev–Trinajstić information content (AvgIpc) is 2.35. The lowest BCUT2D eigenvalue weighted by molar-refractivity contribution is -0.120. The molecule has 1 fully saturated rings. The summed E-state index contributed by atoms with van der Waals surface area (Å²) in [6.45, 7) is 2.90. The van der Waals surface area contributed by atoms with Crippen LogP contribution in [0.4, 0.5) is 5.69 Å². The first-order chi connectivity index (χ1) is 8.58. The molecule has 98 valence electrons. The van der Waals surface area contributed by atoms with Crippen LogP contribution >= 0.6 is 15.9 Å². The molecule has 0 unspecified atom stereocenters. The highest BCUT2D eigenvalue weighted by atomic mass is 79.9. The van der Waals surface area contributed by atoms with Crippen molar-refractivity contribution in [2.24, 2.45) is 5.92 Å². The molecule has 1 aliphatic heterocycles. The van der Waals surface area contributed by atoms with E-state index in [0.29, 0.717) is 16.2 Å². The lowest BCUT2D eigenvalue weighted by Crippen LogP contribution is -2.40. The van der Waals surface area contributed by atoms with Gasteiger partial charge in [-0.25, -0.2) is 0 Å². The number of aromatic nitrogens is 1. The van der Waals surface area contributed by atoms with Crippen LogP contribution in [0.25, 0.3) is 0 Å². The van der Waals surface area contributed by atoms with Gasteiger partial charge in [-0.3, -0.25) is 9.59 Å². The Bertz CT molecular complexity index is 500. The summed E-state index contributed by atoms with van der Waals surface area (Å²) in [5.41, 5.74) is 0.0876. The van der Waals surface area contributed by atoms with Crippen LogP contribution in [0.5, 0.6) is 0 Å². The van der Waals surface area contributed by atoms with Gasteiger partial charge in [0.15, 0.2) is 0 Å². The van der Waals surface area contributed by atoms with Gasteiger partial charge < -0.3 is 15.6 Å². The van der Waals surface area contributed by atoms with E-state index in [-0.39, 0.29) is 17.3 Å². The van der Waals surface area contributed by atoms with E-state index in [1.165, 1.54) is 6.20 Å². The fourth-order valence-corrected chi connectivity index (χ4v) is 2.50. The molecule has 2 atom stereocenters. The molecule has 1 aliphatic rings. The third kappa shape index (κ3) is 3.00. The molecule has 6 heteroatoms. The number of nitrogens with one attached hydrogen (secondary N) is 3. The van der Waals surface area contributed by atoms with E-state index >= 15 is 0 Å². The molecule has 2 rings (SSSR count). The van der Waals surface area contributed by atoms with Crippen LogP contribution in [-0.4, -0.2) is 23.5 Å². The molecule has 2 heterocycles. The van der Waals surface area contributed by atoms with Crippen molar-refractivity contribution in [2.45, 2.75) is 25.8 Å². The molecule has 0 saturated carbocycles. The summed E-state index contributed by atoms with van der Waals surface area (Å²) in [6.07, 6.45) is 4.67. The highest BCUT2D eigenvalue weighted by molar-refractivity contribution is 9.10. The number of carbonyl (C=O) groups is 1. The Hall–Kier alpha value is -1.14. The van der Waals surface area contributed by atoms with Gasteiger partial charge in [0.05, 0.1) is 4.47 Å². The number of H-pyrrole nitrogens is 1. The topological polar surface area (TPSA) is 74.0 Å². The molecule has 0 aliphatic carbocycles. The monoisotopic (exact) mass is 313 g/mol. The van der Waals surface area contributed by atoms with Crippen molar-refractivity contribution in [3.05, 3.63) is 27.1 Å². The Kier molecular flexibility index (Phi) is 4.19. The summed E-state index contributed by atoms with van der Waals surface area (Å²) < 4.78 is 0.416. The number of amides is 1. The SMILES string of the molecule is C[C@H]1C[C@@H](C(=O)Nc2c[nH]cc(Br)c2=O)CCN1. The van der Waals surface area contributed by atoms with Gasteiger partial charge in [-0.15, -0.1) is 0 Å². The van der Waals surface area contributed by atoms with Gasteiger partial charge in [-0.1, -0.05) is 0 Å². The molecule has 0 bridgehead atoms. The fraction of sp³-hybridized carbons (Fsp3) is 0.500. The molecule has 18 heavy (non-hydrogen) atoms. The lowest BCUT2D eigenvalue weighted by atomic mass is 9.92. The maximum atomic E-state index is 12.1. The number of rotatable bonds is 2. The minimum absolute atomic E-state index is 0.0281. The Labute approximate surface area is 113 Å². The van der Waals surface area contributed by atoms with Gasteiger partial charge in [0, 0.05) is 24.4 Å². The molecule has 3 N–H and O–H groups in total. The Morgan fingerprint density at radius 1 is 1.50 bits per heavy atom. The number of carbonyl (C=O) groups excluding carboxylic acids is 1. The minimum Gasteiger partial charge on any atom is -0.365 e. The molecule has 0 aromatic carbocycles. The summed E-state index contributed by atoms with van der Waals surface area (Å²) in [7, 11) is 0. The van der Waals surface area contributed by atoms with E-state index in [0.717, 1.165) is 19.4 Å². The van der Waals surface area contributed by atoms with E-state index in [2.05, 4.69) is 38.5 Å². The van der Waals surface area contributed by atoms with Gasteiger partial charge in [0.2, 0.25) is 11.3 Å². The number of aromatic amines is 1. The first-order valence-corrected chi connectivity index (χ1v) is 6.78. The second kappa shape index (κ2) is 5.67. The van der Waals surface area contributed by atoms with E-state index in [1.807, 2.05) is 0 Å². The predicted molar refractivity (Wildman–Crippen MR) is 73.6 cm³/mol. The molecule has 0 radical (unpaired) electrons. The molecule has 1 aromatic rings. The average molecular weight is 314 g/mol. The van der Waals surface area contributed by atoms with E-state index in [1.54, 1.807) is 6.20 Å². The summed E-state index contributed by atoms with van der Waals surface area (Å²) in [4.78, 5) is 26.6. The van der Waals surface area contributed by atoms with Gasteiger partial charge >= 0.3 is 0 Å². The van der Waals surface area contributed by atoms with E-state index < -0.39 is 0 Å². The summed E-state index contributed by atoms with van der Waals surface area (Å²) >= 11 is 3.14. The van der Waals surface area contributed by atoms with Crippen LogP contribution in [-0.2, 0) is 4.79 Å². The maximum Gasteiger partial charge on any atom is 0.227 e. The number of anilines is 1. The zero-order valence-corrected chi connectivity index (χ0v) is 11.7. The summed E-state index contributed by atoms with van der Waals surface area (Å²) in [5, 5.41) is 6.00. The van der Waals surface area contributed by atoms with E-state index in [9.17, 15) is 9.59 Å². The molecule has 1 saturated heterocycles. The second-order valence-electron chi connectivity index (χ2n) is 4.61. The van der Waals surface area contributed by atoms with Crippen molar-refractivity contribution in [2.75, 3.05) is 11.9 Å². The lowest BCUT2D eigenvalue weighted by Gasteiger charge is -2.26. The number of hydrogen-bond donors (Lipinski definition) is 3. The maximum absolute atomic E-state index is 12.1. The standard InChI is InChI=1S/C12H16BrN3O2/c1-7-4-8(2-3-15-7)12(18)16-10-6-14-5-9(13)11(10)17/h5-8,15H,2-4H2,1H3,(H,14,17)(H,16,18)/t7-,8-/m0/s1. The van der Waals surface area contributed by atoms with Crippen molar-refractivity contribution < 1.29 is 4.79 Å². The smallest absolute Gasteiger partial charge is 0.227 e. The zero-order valence-electron chi connectivity index (χ0n) is 10.1. The van der Waals surface area contributed by atoms with E-state index in [4.69, 9.17) is 0 Å². The number of piperidine rings is 1. The zero-order chi connectivity index (χ0) is 13.1. The number of halogens is 1. The van der Waals surface area contributed by atoms with Crippen molar-refractivity contribution in [3.63, 3.8) is 0 Å². The first-order valence-electron chi connectivity index (χ1n) is 5.98. The third-order valence-electron chi connectivity index (χ3n) is 3.15. The van der Waals surface area contributed by atoms with Crippen LogP contribution in [0.2, 0.25) is 0 Å². The second-order valence-corrected chi connectivity index (χ2v) is 5.47. The highest BCUT2D eigenvalue weighted by Crippen LogP contribution is 2.17. The van der Waals surface area contributed by atoms with Gasteiger partial charge in [0.1, 0.15) is 5.69 Å².